The maximum absolute atomic E-state index is 11.4. The van der Waals surface area contributed by atoms with Gasteiger partial charge in [0.2, 0.25) is 0 Å². The molecule has 1 atom stereocenters. The summed E-state index contributed by atoms with van der Waals surface area (Å²) in [6, 6.07) is 7.61. The smallest absolute Gasteiger partial charge is 0.308 e. The number of carbonyl (C=O) groups is 1. The van der Waals surface area contributed by atoms with Crippen molar-refractivity contribution in [2.75, 3.05) is 19.8 Å². The van der Waals surface area contributed by atoms with Crippen LogP contribution in [0.2, 0.25) is 0 Å². The molecule has 1 aromatic carbocycles. The van der Waals surface area contributed by atoms with Gasteiger partial charge in [0.05, 0.1) is 12.5 Å². The number of benzene rings is 1. The molecule has 0 spiro atoms. The average Bonchev–Trinajstić information content (AvgIpc) is 2.51. The molecule has 0 saturated heterocycles. The van der Waals surface area contributed by atoms with E-state index >= 15 is 0 Å². The molecule has 24 heavy (non-hydrogen) atoms. The molecule has 1 rings (SSSR count). The lowest BCUT2D eigenvalue weighted by Gasteiger charge is -2.23. The van der Waals surface area contributed by atoms with E-state index in [0.29, 0.717) is 25.3 Å². The zero-order valence-electron chi connectivity index (χ0n) is 15.5. The van der Waals surface area contributed by atoms with Gasteiger partial charge < -0.3 is 19.9 Å². The molecule has 0 saturated carbocycles. The van der Waals surface area contributed by atoms with E-state index in [2.05, 4.69) is 26.1 Å². The van der Waals surface area contributed by atoms with Crippen LogP contribution in [-0.4, -0.2) is 42.5 Å². The molecule has 5 heteroatoms. The summed E-state index contributed by atoms with van der Waals surface area (Å²) >= 11 is 0. The monoisotopic (exact) mass is 337 g/mol. The second kappa shape index (κ2) is 9.64. The molecule has 0 aliphatic rings. The van der Waals surface area contributed by atoms with Gasteiger partial charge in [-0.3, -0.25) is 4.79 Å². The highest BCUT2D eigenvalue weighted by atomic mass is 16.5. The van der Waals surface area contributed by atoms with E-state index in [9.17, 15) is 9.90 Å². The predicted octanol–water partition coefficient (Wildman–Crippen LogP) is 2.56. The Kier molecular flexibility index (Phi) is 8.22. The first-order chi connectivity index (χ1) is 11.2. The molecule has 1 unspecified atom stereocenters. The van der Waals surface area contributed by atoms with Crippen LogP contribution in [0.1, 0.15) is 40.2 Å². The largest absolute Gasteiger partial charge is 0.491 e. The fourth-order valence-corrected chi connectivity index (χ4v) is 1.86. The number of nitrogens with one attached hydrogen (secondary N) is 1. The van der Waals surface area contributed by atoms with E-state index in [1.54, 1.807) is 0 Å². The van der Waals surface area contributed by atoms with Gasteiger partial charge in [-0.05, 0) is 38.5 Å². The number of hydrogen-bond acceptors (Lipinski definition) is 5. The maximum Gasteiger partial charge on any atom is 0.308 e. The molecule has 0 amide bonds. The normalized spacial score (nSPS) is 13.0. The van der Waals surface area contributed by atoms with Gasteiger partial charge in [-0.2, -0.15) is 0 Å². The van der Waals surface area contributed by atoms with E-state index in [1.165, 1.54) is 0 Å². The number of esters is 1. The van der Waals surface area contributed by atoms with Crippen molar-refractivity contribution in [3.05, 3.63) is 29.8 Å². The molecule has 0 aliphatic heterocycles. The van der Waals surface area contributed by atoms with Crippen LogP contribution in [0.15, 0.2) is 24.3 Å². The van der Waals surface area contributed by atoms with Crippen LogP contribution >= 0.6 is 0 Å². The van der Waals surface area contributed by atoms with E-state index in [0.717, 1.165) is 5.56 Å². The molecule has 0 radical (unpaired) electrons. The Balaban J connectivity index is 2.30. The Labute approximate surface area is 145 Å². The van der Waals surface area contributed by atoms with Crippen LogP contribution in [0.25, 0.3) is 0 Å². The topological polar surface area (TPSA) is 67.8 Å². The standard InChI is InChI=1S/C19H31NO4/c1-14(2)18(22)23-11-10-15-6-8-17(9-7-15)24-13-16(21)12-20-19(3,4)5/h6-9,14,16,20-21H,10-13H2,1-5H3. The van der Waals surface area contributed by atoms with Crippen LogP contribution in [-0.2, 0) is 16.0 Å². The Morgan fingerprint density at radius 2 is 1.83 bits per heavy atom. The number of aliphatic hydroxyl groups excluding tert-OH is 1. The Morgan fingerprint density at radius 1 is 1.21 bits per heavy atom. The highest BCUT2D eigenvalue weighted by Gasteiger charge is 2.12. The molecule has 0 bridgehead atoms. The fraction of sp³-hybridized carbons (Fsp3) is 0.632. The third-order valence-electron chi connectivity index (χ3n) is 3.34. The van der Waals surface area contributed by atoms with E-state index < -0.39 is 6.10 Å². The lowest BCUT2D eigenvalue weighted by atomic mass is 10.1. The average molecular weight is 337 g/mol. The second-order valence-electron chi connectivity index (χ2n) is 7.31. The van der Waals surface area contributed by atoms with Crippen LogP contribution < -0.4 is 10.1 Å². The molecule has 2 N–H and O–H groups in total. The fourth-order valence-electron chi connectivity index (χ4n) is 1.86. The number of β-amino-alcohol motifs (C(OH)–C–C–N with tert-alkyl or cyclic N) is 1. The first-order valence-corrected chi connectivity index (χ1v) is 8.49. The van der Waals surface area contributed by atoms with Crippen molar-refractivity contribution < 1.29 is 19.4 Å². The zero-order chi connectivity index (χ0) is 18.2. The lowest BCUT2D eigenvalue weighted by molar-refractivity contribution is -0.147. The molecular weight excluding hydrogens is 306 g/mol. The summed E-state index contributed by atoms with van der Waals surface area (Å²) in [4.78, 5) is 11.4. The van der Waals surface area contributed by atoms with Crippen molar-refractivity contribution in [3.8, 4) is 5.75 Å². The van der Waals surface area contributed by atoms with Gasteiger partial charge in [0.25, 0.3) is 0 Å². The summed E-state index contributed by atoms with van der Waals surface area (Å²) in [6.45, 7) is 10.9. The van der Waals surface area contributed by atoms with Gasteiger partial charge in [-0.25, -0.2) is 0 Å². The number of ether oxygens (including phenoxy) is 2. The number of aliphatic hydroxyl groups is 1. The van der Waals surface area contributed by atoms with Gasteiger partial charge >= 0.3 is 5.97 Å². The number of carbonyl (C=O) groups excluding carboxylic acids is 1. The molecule has 0 heterocycles. The zero-order valence-corrected chi connectivity index (χ0v) is 15.5. The second-order valence-corrected chi connectivity index (χ2v) is 7.31. The lowest BCUT2D eigenvalue weighted by Crippen LogP contribution is -2.42. The third kappa shape index (κ3) is 8.89. The van der Waals surface area contributed by atoms with Crippen molar-refractivity contribution in [2.24, 2.45) is 5.92 Å². The molecule has 136 valence electrons. The van der Waals surface area contributed by atoms with E-state index in [4.69, 9.17) is 9.47 Å². The van der Waals surface area contributed by atoms with Gasteiger partial charge in [-0.15, -0.1) is 0 Å². The number of hydrogen-bond donors (Lipinski definition) is 2. The third-order valence-corrected chi connectivity index (χ3v) is 3.34. The van der Waals surface area contributed by atoms with Crippen molar-refractivity contribution in [3.63, 3.8) is 0 Å². The van der Waals surface area contributed by atoms with Crippen molar-refractivity contribution in [1.29, 1.82) is 0 Å². The van der Waals surface area contributed by atoms with Gasteiger partial charge in [0.1, 0.15) is 18.5 Å². The molecule has 1 aromatic rings. The molecule has 0 aliphatic carbocycles. The maximum atomic E-state index is 11.4. The van der Waals surface area contributed by atoms with Gasteiger partial charge in [0, 0.05) is 18.5 Å². The quantitative estimate of drug-likeness (QED) is 0.678. The van der Waals surface area contributed by atoms with Gasteiger partial charge in [-0.1, -0.05) is 26.0 Å². The van der Waals surface area contributed by atoms with E-state index in [1.807, 2.05) is 38.1 Å². The summed E-state index contributed by atoms with van der Waals surface area (Å²) in [6.07, 6.45) is 0.121. The first-order valence-electron chi connectivity index (χ1n) is 8.49. The van der Waals surface area contributed by atoms with Crippen LogP contribution in [0.5, 0.6) is 5.75 Å². The SMILES string of the molecule is CC(C)C(=O)OCCc1ccc(OCC(O)CNC(C)(C)C)cc1. The highest BCUT2D eigenvalue weighted by Crippen LogP contribution is 2.13. The van der Waals surface area contributed by atoms with Crippen molar-refractivity contribution in [2.45, 2.75) is 52.7 Å². The van der Waals surface area contributed by atoms with Gasteiger partial charge in [0.15, 0.2) is 0 Å². The molecule has 0 fully saturated rings. The summed E-state index contributed by atoms with van der Waals surface area (Å²) < 4.78 is 10.7. The van der Waals surface area contributed by atoms with Crippen LogP contribution in [0.3, 0.4) is 0 Å². The predicted molar refractivity (Wildman–Crippen MR) is 95.2 cm³/mol. The molecular formula is C19H31NO4. The van der Waals surface area contributed by atoms with Crippen LogP contribution in [0.4, 0.5) is 0 Å². The van der Waals surface area contributed by atoms with E-state index in [-0.39, 0.29) is 24.0 Å². The summed E-state index contributed by atoms with van der Waals surface area (Å²) in [7, 11) is 0. The Morgan fingerprint density at radius 3 is 2.38 bits per heavy atom. The minimum atomic E-state index is -0.556. The summed E-state index contributed by atoms with van der Waals surface area (Å²) in [5.41, 5.74) is 1.05. The number of rotatable bonds is 9. The van der Waals surface area contributed by atoms with Crippen molar-refractivity contribution >= 4 is 5.97 Å². The molecule has 5 nitrogen and oxygen atoms in total. The molecule has 0 aromatic heterocycles. The summed E-state index contributed by atoms with van der Waals surface area (Å²) in [5.74, 6) is 0.445. The Bertz CT molecular complexity index is 491. The minimum Gasteiger partial charge on any atom is -0.491 e. The van der Waals surface area contributed by atoms with Crippen molar-refractivity contribution in [1.82, 2.24) is 5.32 Å². The van der Waals surface area contributed by atoms with Crippen LogP contribution in [0, 0.1) is 5.92 Å². The first kappa shape index (κ1) is 20.5. The minimum absolute atomic E-state index is 0.0261. The highest BCUT2D eigenvalue weighted by molar-refractivity contribution is 5.71. The summed E-state index contributed by atoms with van der Waals surface area (Å²) in [5, 5.41) is 13.1. The Hall–Kier alpha value is -1.59.